The van der Waals surface area contributed by atoms with Gasteiger partial charge in [-0.15, -0.1) is 0 Å². The normalized spacial score (nSPS) is 26.6. The smallest absolute Gasteiger partial charge is 0.334 e. The van der Waals surface area contributed by atoms with Crippen molar-refractivity contribution in [2.75, 3.05) is 6.61 Å². The number of hydrogen-bond donors (Lipinski definition) is 0. The Morgan fingerprint density at radius 3 is 2.72 bits per heavy atom. The van der Waals surface area contributed by atoms with Gasteiger partial charge in [-0.25, -0.2) is 4.79 Å². The minimum absolute atomic E-state index is 0.0924. The van der Waals surface area contributed by atoms with Crippen LogP contribution in [-0.2, 0) is 19.1 Å². The highest BCUT2D eigenvalue weighted by molar-refractivity contribution is 5.92. The Morgan fingerprint density at radius 2 is 2.17 bits per heavy atom. The Labute approximate surface area is 108 Å². The second kappa shape index (κ2) is 7.31. The predicted molar refractivity (Wildman–Crippen MR) is 68.2 cm³/mol. The molecule has 102 valence electrons. The minimum atomic E-state index is -0.358. The molecule has 1 aliphatic rings. The Kier molecular flexibility index (Phi) is 6.05. The maximum Gasteiger partial charge on any atom is 0.334 e. The first kappa shape index (κ1) is 14.9. The van der Waals surface area contributed by atoms with Crippen LogP contribution in [0, 0.1) is 0 Å². The Morgan fingerprint density at radius 1 is 1.44 bits per heavy atom. The van der Waals surface area contributed by atoms with E-state index in [1.54, 1.807) is 6.92 Å². The van der Waals surface area contributed by atoms with Gasteiger partial charge in [0.25, 0.3) is 0 Å². The molecule has 0 amide bonds. The fourth-order valence-corrected chi connectivity index (χ4v) is 2.29. The van der Waals surface area contributed by atoms with E-state index < -0.39 is 0 Å². The Balaban J connectivity index is 2.94. The van der Waals surface area contributed by atoms with Gasteiger partial charge >= 0.3 is 5.97 Å². The fraction of sp³-hybridized carbons (Fsp3) is 0.714. The predicted octanol–water partition coefficient (Wildman–Crippen LogP) is 2.41. The number of carbonyl (C=O) groups excluding carboxylic acids is 2. The van der Waals surface area contributed by atoms with Crippen LogP contribution in [0.3, 0.4) is 0 Å². The molecule has 1 heterocycles. The summed E-state index contributed by atoms with van der Waals surface area (Å²) in [5, 5.41) is 0. The van der Waals surface area contributed by atoms with Crippen LogP contribution in [0.25, 0.3) is 0 Å². The molecule has 0 N–H and O–H groups in total. The third-order valence-corrected chi connectivity index (χ3v) is 3.12. The van der Waals surface area contributed by atoms with Gasteiger partial charge in [-0.3, -0.25) is 0 Å². The molecule has 0 unspecified atom stereocenters. The largest absolute Gasteiger partial charge is 0.463 e. The highest BCUT2D eigenvalue weighted by Gasteiger charge is 2.26. The average molecular weight is 254 g/mol. The van der Waals surface area contributed by atoms with Crippen molar-refractivity contribution in [1.82, 2.24) is 0 Å². The highest BCUT2D eigenvalue weighted by Crippen LogP contribution is 2.29. The van der Waals surface area contributed by atoms with Gasteiger partial charge in [0, 0.05) is 12.0 Å². The lowest BCUT2D eigenvalue weighted by atomic mass is 9.91. The number of ether oxygens (including phenoxy) is 2. The summed E-state index contributed by atoms with van der Waals surface area (Å²) in [5.41, 5.74) is 1.55. The van der Waals surface area contributed by atoms with Crippen molar-refractivity contribution in [2.45, 2.75) is 58.7 Å². The molecule has 0 bridgehead atoms. The number of carbonyl (C=O) groups is 2. The number of aldehydes is 1. The Bertz CT molecular complexity index is 333. The molecule has 1 fully saturated rings. The van der Waals surface area contributed by atoms with Crippen molar-refractivity contribution in [3.05, 3.63) is 11.1 Å². The summed E-state index contributed by atoms with van der Waals surface area (Å²) in [6.45, 7) is 6.15. The van der Waals surface area contributed by atoms with Crippen LogP contribution < -0.4 is 0 Å². The molecule has 1 aliphatic heterocycles. The third kappa shape index (κ3) is 3.95. The van der Waals surface area contributed by atoms with Crippen molar-refractivity contribution in [1.29, 1.82) is 0 Å². The summed E-state index contributed by atoms with van der Waals surface area (Å²) in [7, 11) is 0. The van der Waals surface area contributed by atoms with Crippen molar-refractivity contribution in [3.63, 3.8) is 0 Å². The van der Waals surface area contributed by atoms with Crippen LogP contribution >= 0.6 is 0 Å². The highest BCUT2D eigenvalue weighted by atomic mass is 16.5. The second-order valence-corrected chi connectivity index (χ2v) is 4.56. The zero-order valence-corrected chi connectivity index (χ0v) is 11.4. The van der Waals surface area contributed by atoms with E-state index in [1.165, 1.54) is 0 Å². The molecule has 0 aliphatic carbocycles. The third-order valence-electron chi connectivity index (χ3n) is 3.12. The van der Waals surface area contributed by atoms with Gasteiger partial charge < -0.3 is 14.3 Å². The number of rotatable bonds is 5. The molecule has 0 aromatic rings. The zero-order valence-electron chi connectivity index (χ0n) is 11.4. The van der Waals surface area contributed by atoms with Crippen LogP contribution in [0.15, 0.2) is 11.1 Å². The first-order valence-electron chi connectivity index (χ1n) is 6.59. The van der Waals surface area contributed by atoms with Gasteiger partial charge in [0.05, 0.1) is 18.8 Å². The summed E-state index contributed by atoms with van der Waals surface area (Å²) >= 11 is 0. The maximum atomic E-state index is 11.9. The van der Waals surface area contributed by atoms with Crippen LogP contribution in [0.5, 0.6) is 0 Å². The van der Waals surface area contributed by atoms with E-state index >= 15 is 0 Å². The summed E-state index contributed by atoms with van der Waals surface area (Å²) < 4.78 is 10.8. The van der Waals surface area contributed by atoms with Crippen molar-refractivity contribution in [2.24, 2.45) is 0 Å². The van der Waals surface area contributed by atoms with Crippen molar-refractivity contribution < 1.29 is 19.1 Å². The van der Waals surface area contributed by atoms with Crippen molar-refractivity contribution >= 4 is 12.3 Å². The summed E-state index contributed by atoms with van der Waals surface area (Å²) in [4.78, 5) is 22.6. The van der Waals surface area contributed by atoms with E-state index in [-0.39, 0.29) is 24.6 Å². The van der Waals surface area contributed by atoms with Gasteiger partial charge in [0.15, 0.2) is 0 Å². The van der Waals surface area contributed by atoms with Gasteiger partial charge in [-0.1, -0.05) is 12.5 Å². The van der Waals surface area contributed by atoms with E-state index in [0.29, 0.717) is 18.6 Å². The molecule has 2 atom stereocenters. The molecule has 1 rings (SSSR count). The molecule has 0 spiro atoms. The minimum Gasteiger partial charge on any atom is -0.463 e. The lowest BCUT2D eigenvalue weighted by Crippen LogP contribution is -2.28. The monoisotopic (exact) mass is 254 g/mol. The molecule has 0 radical (unpaired) electrons. The lowest BCUT2D eigenvalue weighted by molar-refractivity contribution is -0.139. The second-order valence-electron chi connectivity index (χ2n) is 4.56. The molecule has 0 aromatic heterocycles. The van der Waals surface area contributed by atoms with E-state index in [4.69, 9.17) is 9.47 Å². The maximum absolute atomic E-state index is 11.9. The van der Waals surface area contributed by atoms with Gasteiger partial charge in [0.2, 0.25) is 0 Å². The number of esters is 1. The average Bonchev–Trinajstić information content (AvgIpc) is 2.35. The molecule has 0 saturated carbocycles. The molecule has 18 heavy (non-hydrogen) atoms. The quantitative estimate of drug-likeness (QED) is 0.429. The summed E-state index contributed by atoms with van der Waals surface area (Å²) in [6, 6.07) is 0. The topological polar surface area (TPSA) is 52.6 Å². The summed E-state index contributed by atoms with van der Waals surface area (Å²) in [5.74, 6) is -0.358. The molecule has 4 nitrogen and oxygen atoms in total. The Hall–Kier alpha value is -1.16. The van der Waals surface area contributed by atoms with Gasteiger partial charge in [-0.2, -0.15) is 0 Å². The molecule has 4 heteroatoms. The molecule has 0 aromatic carbocycles. The first-order valence-corrected chi connectivity index (χ1v) is 6.59. The van der Waals surface area contributed by atoms with E-state index in [9.17, 15) is 9.59 Å². The van der Waals surface area contributed by atoms with Crippen LogP contribution in [0.4, 0.5) is 0 Å². The first-order chi connectivity index (χ1) is 8.62. The molecular weight excluding hydrogens is 232 g/mol. The van der Waals surface area contributed by atoms with E-state index in [0.717, 1.165) is 24.7 Å². The lowest BCUT2D eigenvalue weighted by Gasteiger charge is -2.30. The molecular formula is C14H22O4. The zero-order chi connectivity index (χ0) is 13.5. The fourth-order valence-electron chi connectivity index (χ4n) is 2.29. The number of hydrogen-bond acceptors (Lipinski definition) is 4. The summed E-state index contributed by atoms with van der Waals surface area (Å²) in [6.07, 6.45) is 3.47. The van der Waals surface area contributed by atoms with Gasteiger partial charge in [0.1, 0.15) is 6.29 Å². The van der Waals surface area contributed by atoms with Crippen LogP contribution in [-0.4, -0.2) is 31.1 Å². The van der Waals surface area contributed by atoms with E-state index in [1.807, 2.05) is 6.92 Å². The van der Waals surface area contributed by atoms with E-state index in [2.05, 4.69) is 6.92 Å². The standard InChI is InChI=1S/C14H22O4/c1-4-12-9-11(8-10(3)18-12)13(6-7-15)14(16)17-5-2/h7,10,12H,4-6,8-9H2,1-3H3/b13-11-/t10-,12-/m1/s1. The van der Waals surface area contributed by atoms with Crippen LogP contribution in [0.2, 0.25) is 0 Å². The van der Waals surface area contributed by atoms with Crippen molar-refractivity contribution in [3.8, 4) is 0 Å². The molecule has 1 saturated heterocycles. The van der Waals surface area contributed by atoms with Crippen LogP contribution in [0.1, 0.15) is 46.5 Å². The van der Waals surface area contributed by atoms with Gasteiger partial charge in [-0.05, 0) is 33.1 Å². The SMILES string of the molecule is CCOC(=O)/C(CC=O)=C1\C[C@@H](CC)O[C@H](C)C1.